The third-order valence-electron chi connectivity index (χ3n) is 2.59. The number of hydrogen-bond donors (Lipinski definition) is 1. The van der Waals surface area contributed by atoms with Crippen LogP contribution in [0, 0.1) is 46.5 Å². The van der Waals surface area contributed by atoms with Crippen molar-refractivity contribution in [2.75, 3.05) is 0 Å². The molecule has 0 aliphatic heterocycles. The molecule has 2 aromatic carbocycles. The van der Waals surface area contributed by atoms with Gasteiger partial charge in [0.2, 0.25) is 23.3 Å². The summed E-state index contributed by atoms with van der Waals surface area (Å²) in [6.45, 7) is 0. The summed E-state index contributed by atoms with van der Waals surface area (Å²) in [5.74, 6) is -19.5. The summed E-state index contributed by atoms with van der Waals surface area (Å²) >= 11 is 0. The molecular weight excluding hydrogens is 355 g/mol. The van der Waals surface area contributed by atoms with Crippen LogP contribution < -0.4 is 9.31 Å². The van der Waals surface area contributed by atoms with E-state index < -0.39 is 65.4 Å². The fourth-order valence-electron chi connectivity index (χ4n) is 1.52. The summed E-state index contributed by atoms with van der Waals surface area (Å²) in [7, 11) is -2.73. The third kappa shape index (κ3) is 3.23. The largest absolute Gasteiger partial charge is 0.785 e. The van der Waals surface area contributed by atoms with Gasteiger partial charge >= 0.3 is 7.32 Å². The van der Waals surface area contributed by atoms with Gasteiger partial charge < -0.3 is 14.3 Å². The van der Waals surface area contributed by atoms with Crippen molar-refractivity contribution in [3.8, 4) is 11.5 Å². The van der Waals surface area contributed by atoms with Crippen molar-refractivity contribution < 1.29 is 49.5 Å². The van der Waals surface area contributed by atoms with Crippen LogP contribution >= 0.6 is 0 Å². The second-order valence-electron chi connectivity index (χ2n) is 4.14. The summed E-state index contributed by atoms with van der Waals surface area (Å²) in [5, 5.41) is 9.25. The van der Waals surface area contributed by atoms with E-state index in [4.69, 9.17) is 0 Å². The summed E-state index contributed by atoms with van der Waals surface area (Å²) in [5.41, 5.74) is 0. The van der Waals surface area contributed by atoms with Crippen LogP contribution in [-0.2, 0) is 0 Å². The molecule has 12 heteroatoms. The molecule has 0 saturated heterocycles. The van der Waals surface area contributed by atoms with E-state index in [-0.39, 0.29) is 12.1 Å². The average molecular weight is 358 g/mol. The predicted molar refractivity (Wildman–Crippen MR) is 61.8 cm³/mol. The van der Waals surface area contributed by atoms with Gasteiger partial charge in [-0.05, 0) is 0 Å². The lowest BCUT2D eigenvalue weighted by molar-refractivity contribution is 0.274. The zero-order valence-electron chi connectivity index (χ0n) is 11.0. The molecule has 2 rings (SSSR count). The standard InChI is InChI=1S/C12H3BF8O3/c14-3-1-5(9(18)11(20)7(3)16)23-13(22)24-6-2-4(15)8(17)12(21)10(6)19/h1-2,22H. The minimum Gasteiger partial charge on any atom is -0.498 e. The highest BCUT2D eigenvalue weighted by Crippen LogP contribution is 2.27. The monoisotopic (exact) mass is 358 g/mol. The van der Waals surface area contributed by atoms with E-state index >= 15 is 0 Å². The predicted octanol–water partition coefficient (Wildman–Crippen LogP) is 3.23. The van der Waals surface area contributed by atoms with Crippen molar-refractivity contribution >= 4 is 7.32 Å². The Balaban J connectivity index is 2.25. The average Bonchev–Trinajstić information content (AvgIpc) is 2.53. The van der Waals surface area contributed by atoms with Crippen LogP contribution in [0.15, 0.2) is 12.1 Å². The molecular formula is C12H3BF8O3. The second-order valence-corrected chi connectivity index (χ2v) is 4.14. The van der Waals surface area contributed by atoms with Gasteiger partial charge in [-0.1, -0.05) is 0 Å². The van der Waals surface area contributed by atoms with Gasteiger partial charge in [-0.15, -0.1) is 0 Å². The van der Waals surface area contributed by atoms with Crippen molar-refractivity contribution in [1.82, 2.24) is 0 Å². The molecule has 0 unspecified atom stereocenters. The first-order valence-corrected chi connectivity index (χ1v) is 5.80. The fourth-order valence-corrected chi connectivity index (χ4v) is 1.52. The van der Waals surface area contributed by atoms with Gasteiger partial charge in [-0.25, -0.2) is 26.3 Å². The lowest BCUT2D eigenvalue weighted by atomic mass is 10.2. The Morgan fingerprint density at radius 3 is 1.25 bits per heavy atom. The van der Waals surface area contributed by atoms with Gasteiger partial charge in [0.05, 0.1) is 0 Å². The molecule has 0 saturated carbocycles. The molecule has 128 valence electrons. The highest BCUT2D eigenvalue weighted by molar-refractivity contribution is 6.36. The lowest BCUT2D eigenvalue weighted by Gasteiger charge is -2.13. The van der Waals surface area contributed by atoms with E-state index in [2.05, 4.69) is 9.31 Å². The molecule has 0 aliphatic rings. The first-order chi connectivity index (χ1) is 11.1. The zero-order chi connectivity index (χ0) is 18.2. The molecule has 0 bridgehead atoms. The molecule has 2 aromatic rings. The molecule has 24 heavy (non-hydrogen) atoms. The van der Waals surface area contributed by atoms with Crippen LogP contribution in [0.25, 0.3) is 0 Å². The van der Waals surface area contributed by atoms with Crippen LogP contribution in [-0.4, -0.2) is 12.3 Å². The summed E-state index contributed by atoms with van der Waals surface area (Å²) in [4.78, 5) is 0. The molecule has 1 N–H and O–H groups in total. The molecule has 0 amide bonds. The second kappa shape index (κ2) is 6.55. The Kier molecular flexibility index (Phi) is 4.87. The maximum Gasteiger partial charge on any atom is 0.785 e. The van der Waals surface area contributed by atoms with E-state index in [1.165, 1.54) is 0 Å². The van der Waals surface area contributed by atoms with Gasteiger partial charge in [0, 0.05) is 12.1 Å². The topological polar surface area (TPSA) is 38.7 Å². The number of benzene rings is 2. The van der Waals surface area contributed by atoms with Crippen molar-refractivity contribution in [2.45, 2.75) is 0 Å². The summed E-state index contributed by atoms with van der Waals surface area (Å²) in [6.07, 6.45) is 0. The van der Waals surface area contributed by atoms with Crippen LogP contribution in [0.2, 0.25) is 0 Å². The normalized spacial score (nSPS) is 10.7. The minimum atomic E-state index is -2.73. The van der Waals surface area contributed by atoms with Crippen molar-refractivity contribution in [3.05, 3.63) is 58.7 Å². The molecule has 0 aromatic heterocycles. The smallest absolute Gasteiger partial charge is 0.498 e. The van der Waals surface area contributed by atoms with Crippen LogP contribution in [0.3, 0.4) is 0 Å². The maximum absolute atomic E-state index is 13.3. The van der Waals surface area contributed by atoms with E-state index in [0.717, 1.165) is 0 Å². The van der Waals surface area contributed by atoms with E-state index in [9.17, 15) is 40.1 Å². The molecule has 0 spiro atoms. The Morgan fingerprint density at radius 1 is 0.583 bits per heavy atom. The lowest BCUT2D eigenvalue weighted by Crippen LogP contribution is -2.31. The number of halogens is 8. The molecule has 0 aliphatic carbocycles. The highest BCUT2D eigenvalue weighted by Gasteiger charge is 2.30. The number of hydrogen-bond acceptors (Lipinski definition) is 3. The van der Waals surface area contributed by atoms with Gasteiger partial charge in [-0.2, -0.15) is 8.78 Å². The summed E-state index contributed by atoms with van der Waals surface area (Å²) in [6, 6.07) is -0.0228. The molecule has 0 radical (unpaired) electrons. The van der Waals surface area contributed by atoms with Gasteiger partial charge in [0.25, 0.3) is 0 Å². The van der Waals surface area contributed by atoms with Crippen LogP contribution in [0.1, 0.15) is 0 Å². The zero-order valence-corrected chi connectivity index (χ0v) is 11.0. The van der Waals surface area contributed by atoms with Crippen LogP contribution in [0.5, 0.6) is 11.5 Å². The molecule has 0 heterocycles. The van der Waals surface area contributed by atoms with Gasteiger partial charge in [0.15, 0.2) is 23.3 Å². The molecule has 0 fully saturated rings. The van der Waals surface area contributed by atoms with Crippen molar-refractivity contribution in [2.24, 2.45) is 0 Å². The highest BCUT2D eigenvalue weighted by atomic mass is 19.2. The third-order valence-corrected chi connectivity index (χ3v) is 2.59. The summed E-state index contributed by atoms with van der Waals surface area (Å²) < 4.78 is 112. The molecule has 0 atom stereocenters. The number of rotatable bonds is 4. The first kappa shape index (κ1) is 17.9. The van der Waals surface area contributed by atoms with Crippen LogP contribution in [0.4, 0.5) is 35.1 Å². The Morgan fingerprint density at radius 2 is 0.917 bits per heavy atom. The van der Waals surface area contributed by atoms with E-state index in [0.29, 0.717) is 0 Å². The quantitative estimate of drug-likeness (QED) is 0.395. The fraction of sp³-hybridized carbons (Fsp3) is 0. The Labute approximate surface area is 128 Å². The van der Waals surface area contributed by atoms with Crippen molar-refractivity contribution in [3.63, 3.8) is 0 Å². The van der Waals surface area contributed by atoms with E-state index in [1.54, 1.807) is 0 Å². The minimum absolute atomic E-state index is 0.0114. The van der Waals surface area contributed by atoms with E-state index in [1.807, 2.05) is 0 Å². The Bertz CT molecular complexity index is 735. The SMILES string of the molecule is OB(Oc1cc(F)c(F)c(F)c1F)Oc1cc(F)c(F)c(F)c1F. The van der Waals surface area contributed by atoms with Gasteiger partial charge in [-0.3, -0.25) is 0 Å². The van der Waals surface area contributed by atoms with Gasteiger partial charge in [0.1, 0.15) is 11.5 Å². The Hall–Kier alpha value is -2.50. The van der Waals surface area contributed by atoms with Crippen molar-refractivity contribution in [1.29, 1.82) is 0 Å². The maximum atomic E-state index is 13.3. The molecule has 3 nitrogen and oxygen atoms in total. The first-order valence-electron chi connectivity index (χ1n) is 5.80.